The first-order chi connectivity index (χ1) is 40.0. The molecule has 20 N–H and O–H groups in total. The van der Waals surface area contributed by atoms with Gasteiger partial charge in [0.05, 0.1) is 30.5 Å². The van der Waals surface area contributed by atoms with E-state index in [1.807, 2.05) is 0 Å². The second-order valence-corrected chi connectivity index (χ2v) is 22.3. The predicted molar refractivity (Wildman–Crippen MR) is 307 cm³/mol. The highest BCUT2D eigenvalue weighted by Gasteiger charge is 2.49. The Labute approximate surface area is 496 Å². The fourth-order valence-electron chi connectivity index (χ4n) is 10.2. The molecule has 3 saturated heterocycles. The molecule has 4 rings (SSSR count). The Kier molecular flexibility index (Phi) is 33.6. The standard InChI is InChI=1S/C52H88N10O15.2C2H4O2/c1-5-28(2)24-29(3)12-10-8-6-7-9-11-13-39(69)56-34-26-38(68)46(55-22-21-54)60-50(75)43-37(67)19-23-61(43)52(77)41(36(66)18-20-53)58-49(74)42(45(71)44(70)31-14-16-32(64)17-15-31)59-48(73)35-25-33(65)27-62(35)51(76)40(30(4)63)57-47(34)72;2*1-2(3)4/h14-17,28-30,33-38,40-46,55,63-68,70-71H,5-13,18-27,53-54H2,1-4H3,(H,56,69)(H,57,72)(H,58,74)(H,59,73)(H,60,75);2*1H3,(H,3,4)/t28?,29?,30-,33-,34+,35+,36-,37+,38-,40?,41+,42?,43+,44+,45+,46-;;/m1../s1. The Bertz CT molecular complexity index is 2270. The van der Waals surface area contributed by atoms with E-state index in [4.69, 9.17) is 31.3 Å². The van der Waals surface area contributed by atoms with Gasteiger partial charge in [0.1, 0.15) is 60.4 Å². The largest absolute Gasteiger partial charge is 0.508 e. The fraction of sp³-hybridized carbons (Fsp3) is 0.732. The van der Waals surface area contributed by atoms with Crippen LogP contribution >= 0.6 is 0 Å². The van der Waals surface area contributed by atoms with E-state index in [9.17, 15) is 74.4 Å². The Morgan fingerprint density at radius 1 is 0.682 bits per heavy atom. The van der Waals surface area contributed by atoms with Gasteiger partial charge in [-0.15, -0.1) is 0 Å². The number of carbonyl (C=O) groups excluding carboxylic acids is 7. The lowest BCUT2D eigenvalue weighted by molar-refractivity contribution is -0.148. The molecule has 0 aliphatic carbocycles. The summed E-state index contributed by atoms with van der Waals surface area (Å²) in [4.78, 5) is 120. The summed E-state index contributed by atoms with van der Waals surface area (Å²) in [6.07, 6.45) is -6.95. The van der Waals surface area contributed by atoms with Crippen molar-refractivity contribution in [1.82, 2.24) is 41.7 Å². The third-order valence-corrected chi connectivity index (χ3v) is 14.9. The number of carbonyl (C=O) groups is 9. The van der Waals surface area contributed by atoms with E-state index in [-0.39, 0.29) is 56.8 Å². The van der Waals surface area contributed by atoms with Gasteiger partial charge in [-0.2, -0.15) is 0 Å². The Balaban J connectivity index is 0.00000289. The number of nitrogens with two attached hydrogens (primary N) is 2. The van der Waals surface area contributed by atoms with Crippen LogP contribution in [0.2, 0.25) is 0 Å². The molecule has 85 heavy (non-hydrogen) atoms. The van der Waals surface area contributed by atoms with Gasteiger partial charge in [0.25, 0.3) is 11.9 Å². The van der Waals surface area contributed by atoms with E-state index in [2.05, 4.69) is 52.7 Å². The number of aliphatic carboxylic acids is 2. The number of aliphatic hydroxyl groups excluding tert-OH is 7. The number of amides is 7. The van der Waals surface area contributed by atoms with Crippen molar-refractivity contribution in [3.05, 3.63) is 29.8 Å². The second kappa shape index (κ2) is 38.1. The van der Waals surface area contributed by atoms with Crippen LogP contribution in [0.3, 0.4) is 0 Å². The molecule has 0 saturated carbocycles. The monoisotopic (exact) mass is 1210 g/mol. The van der Waals surface area contributed by atoms with Gasteiger partial charge in [-0.05, 0) is 68.7 Å². The van der Waals surface area contributed by atoms with Crippen molar-refractivity contribution < 1.29 is 94.2 Å². The zero-order chi connectivity index (χ0) is 64.2. The van der Waals surface area contributed by atoms with Crippen LogP contribution in [0, 0.1) is 11.8 Å². The van der Waals surface area contributed by atoms with Crippen molar-refractivity contribution in [3.63, 3.8) is 0 Å². The Morgan fingerprint density at radius 2 is 1.25 bits per heavy atom. The van der Waals surface area contributed by atoms with Crippen molar-refractivity contribution in [2.45, 2.75) is 217 Å². The molecule has 3 heterocycles. The Morgan fingerprint density at radius 3 is 1.82 bits per heavy atom. The zero-order valence-corrected chi connectivity index (χ0v) is 49.7. The highest BCUT2D eigenvalue weighted by atomic mass is 16.4. The average molecular weight is 1210 g/mol. The lowest BCUT2D eigenvalue weighted by atomic mass is 9.91. The van der Waals surface area contributed by atoms with Gasteiger partial charge < -0.3 is 98.9 Å². The average Bonchev–Trinajstić information content (AvgIpc) is 2.52. The Hall–Kier alpha value is -6.15. The SMILES string of the molecule is CC(=O)O.CC(=O)O.CCC(C)CC(C)CCCCCCCCC(=O)N[C@H]1C[C@@H](O)[C@H](NCCN)NC(=O)[C@@H]2[C@@H](O)CCN2C(=O)[C@H]([C@H](O)CCN)NC(=O)C([C@H](O)[C@@H](O)c2ccc(O)cc2)NC(=O)[C@@H]2C[C@@H](O)CN2C(=O)C([C@@H](C)O)NC1=O. The second-order valence-electron chi connectivity index (χ2n) is 22.3. The van der Waals surface area contributed by atoms with Gasteiger partial charge in [0.2, 0.25) is 41.4 Å². The van der Waals surface area contributed by atoms with Crippen molar-refractivity contribution >= 4 is 53.3 Å². The third-order valence-electron chi connectivity index (χ3n) is 14.9. The molecule has 0 bridgehead atoms. The highest BCUT2D eigenvalue weighted by molar-refractivity contribution is 5.98. The number of benzene rings is 1. The van der Waals surface area contributed by atoms with Crippen LogP contribution in [0.5, 0.6) is 5.75 Å². The van der Waals surface area contributed by atoms with Crippen molar-refractivity contribution in [2.75, 3.05) is 32.7 Å². The first-order valence-electron chi connectivity index (χ1n) is 29.2. The van der Waals surface area contributed by atoms with Crippen LogP contribution in [0.4, 0.5) is 0 Å². The molecule has 29 heteroatoms. The molecule has 0 radical (unpaired) electrons. The molecule has 0 spiro atoms. The van der Waals surface area contributed by atoms with Gasteiger partial charge in [0.15, 0.2) is 0 Å². The first kappa shape index (κ1) is 74.9. The fourth-order valence-corrected chi connectivity index (χ4v) is 10.2. The number of nitrogens with zero attached hydrogens (tertiary/aromatic N) is 2. The summed E-state index contributed by atoms with van der Waals surface area (Å²) in [6.45, 7) is 8.90. The van der Waals surface area contributed by atoms with E-state index < -0.39 is 158 Å². The summed E-state index contributed by atoms with van der Waals surface area (Å²) < 4.78 is 0. The van der Waals surface area contributed by atoms with E-state index in [1.54, 1.807) is 0 Å². The minimum absolute atomic E-state index is 0.0257. The van der Waals surface area contributed by atoms with Crippen molar-refractivity contribution in [1.29, 1.82) is 0 Å². The van der Waals surface area contributed by atoms with Gasteiger partial charge >= 0.3 is 0 Å². The highest BCUT2D eigenvalue weighted by Crippen LogP contribution is 2.27. The number of nitrogens with one attached hydrogen (secondary N) is 6. The lowest BCUT2D eigenvalue weighted by Gasteiger charge is -2.35. The van der Waals surface area contributed by atoms with E-state index in [0.29, 0.717) is 24.7 Å². The summed E-state index contributed by atoms with van der Waals surface area (Å²) in [6, 6.07) is -6.40. The van der Waals surface area contributed by atoms with Crippen LogP contribution in [-0.2, 0) is 43.2 Å². The first-order valence-corrected chi connectivity index (χ1v) is 29.2. The molecule has 0 aromatic heterocycles. The summed E-state index contributed by atoms with van der Waals surface area (Å²) in [5, 5.41) is 119. The number of carboxylic acids is 2. The number of rotatable bonds is 23. The molecule has 16 atom stereocenters. The number of hydrogen-bond donors (Lipinski definition) is 18. The predicted octanol–water partition coefficient (Wildman–Crippen LogP) is -3.13. The summed E-state index contributed by atoms with van der Waals surface area (Å²) in [7, 11) is 0. The van der Waals surface area contributed by atoms with Crippen LogP contribution < -0.4 is 43.4 Å². The van der Waals surface area contributed by atoms with Crippen LogP contribution in [0.15, 0.2) is 24.3 Å². The molecule has 1 aromatic rings. The number of unbranched alkanes of at least 4 members (excludes halogenated alkanes) is 5. The minimum Gasteiger partial charge on any atom is -0.508 e. The molecule has 484 valence electrons. The molecule has 3 fully saturated rings. The van der Waals surface area contributed by atoms with Crippen molar-refractivity contribution in [3.8, 4) is 5.75 Å². The number of fused-ring (bicyclic) bond motifs is 2. The van der Waals surface area contributed by atoms with E-state index in [1.165, 1.54) is 30.7 Å². The number of phenols is 1. The summed E-state index contributed by atoms with van der Waals surface area (Å²) >= 11 is 0. The number of hydrogen-bond acceptors (Lipinski definition) is 20. The van der Waals surface area contributed by atoms with Gasteiger partial charge in [0, 0.05) is 59.3 Å². The number of aliphatic hydroxyl groups is 7. The van der Waals surface area contributed by atoms with E-state index >= 15 is 0 Å². The summed E-state index contributed by atoms with van der Waals surface area (Å²) in [5.74, 6) is -8.10. The van der Waals surface area contributed by atoms with Crippen LogP contribution in [0.25, 0.3) is 0 Å². The maximum absolute atomic E-state index is 14.6. The van der Waals surface area contributed by atoms with Crippen LogP contribution in [-0.4, -0.2) is 226 Å². The van der Waals surface area contributed by atoms with Crippen LogP contribution in [0.1, 0.15) is 143 Å². The minimum atomic E-state index is -2.28. The van der Waals surface area contributed by atoms with Gasteiger partial charge in [-0.1, -0.05) is 77.8 Å². The van der Waals surface area contributed by atoms with Gasteiger partial charge in [-0.25, -0.2) is 0 Å². The molecule has 1 aromatic carbocycles. The molecular formula is C56H96N10O19. The zero-order valence-electron chi connectivity index (χ0n) is 49.7. The third kappa shape index (κ3) is 25.4. The molecule has 3 aliphatic rings. The number of aromatic hydroxyl groups is 1. The quantitative estimate of drug-likeness (QED) is 0.0482. The van der Waals surface area contributed by atoms with Gasteiger partial charge in [-0.3, -0.25) is 48.5 Å². The number of carboxylic acid groups (broad SMARTS) is 2. The topological polar surface area (TPSA) is 487 Å². The number of phenolic OH excluding ortho intramolecular Hbond substituents is 1. The normalized spacial score (nSPS) is 26.5. The summed E-state index contributed by atoms with van der Waals surface area (Å²) in [5.41, 5.74) is 11.5. The maximum atomic E-state index is 14.6. The molecule has 29 nitrogen and oxygen atoms in total. The molecule has 7 amide bonds. The smallest absolute Gasteiger partial charge is 0.300 e. The molecule has 4 unspecified atom stereocenters. The van der Waals surface area contributed by atoms with Crippen molar-refractivity contribution in [2.24, 2.45) is 23.3 Å². The van der Waals surface area contributed by atoms with E-state index in [0.717, 1.165) is 69.1 Å². The molecule has 3 aliphatic heterocycles. The maximum Gasteiger partial charge on any atom is 0.300 e. The molecular weight excluding hydrogens is 1120 g/mol. The lowest BCUT2D eigenvalue weighted by Crippen LogP contribution is -2.65.